The second-order valence-electron chi connectivity index (χ2n) is 5.39. The molecule has 2 amide bonds. The smallest absolute Gasteiger partial charge is 0.232 e. The van der Waals surface area contributed by atoms with Gasteiger partial charge in [0.15, 0.2) is 5.13 Å². The van der Waals surface area contributed by atoms with Crippen molar-refractivity contribution in [3.05, 3.63) is 40.4 Å². The van der Waals surface area contributed by atoms with E-state index < -0.39 is 0 Å². The molecular weight excluding hydrogens is 334 g/mol. The van der Waals surface area contributed by atoms with E-state index in [0.717, 1.165) is 5.69 Å². The van der Waals surface area contributed by atoms with E-state index in [4.69, 9.17) is 11.6 Å². The number of hydrogen-bond donors (Lipinski definition) is 1. The number of anilines is 2. The first-order valence-electron chi connectivity index (χ1n) is 7.14. The Kier molecular flexibility index (Phi) is 5.74. The lowest BCUT2D eigenvalue weighted by Crippen LogP contribution is -2.27. The van der Waals surface area contributed by atoms with Gasteiger partial charge in [0, 0.05) is 29.1 Å². The number of nitrogens with one attached hydrogen (secondary N) is 1. The number of nitrogens with zero attached hydrogens (tertiary/aromatic N) is 2. The summed E-state index contributed by atoms with van der Waals surface area (Å²) in [5.41, 5.74) is 1.41. The van der Waals surface area contributed by atoms with Gasteiger partial charge >= 0.3 is 0 Å². The molecule has 0 aliphatic rings. The average Bonchev–Trinajstić information content (AvgIpc) is 2.94. The summed E-state index contributed by atoms with van der Waals surface area (Å²) in [7, 11) is 1.71. The minimum absolute atomic E-state index is 0.0839. The lowest BCUT2D eigenvalue weighted by atomic mass is 10.2. The minimum atomic E-state index is -0.111. The summed E-state index contributed by atoms with van der Waals surface area (Å²) < 4.78 is 0. The third-order valence-electron chi connectivity index (χ3n) is 3.23. The minimum Gasteiger partial charge on any atom is -0.315 e. The van der Waals surface area contributed by atoms with E-state index in [-0.39, 0.29) is 24.2 Å². The van der Waals surface area contributed by atoms with Gasteiger partial charge in [0.05, 0.1) is 12.1 Å². The Morgan fingerprint density at radius 2 is 1.96 bits per heavy atom. The van der Waals surface area contributed by atoms with Gasteiger partial charge in [-0.3, -0.25) is 9.59 Å². The second-order valence-corrected chi connectivity index (χ2v) is 6.69. The van der Waals surface area contributed by atoms with Crippen molar-refractivity contribution in [3.63, 3.8) is 0 Å². The molecule has 1 heterocycles. The fourth-order valence-electron chi connectivity index (χ4n) is 1.78. The van der Waals surface area contributed by atoms with Gasteiger partial charge in [-0.15, -0.1) is 11.3 Å². The number of likely N-dealkylation sites (N-methyl/N-ethyl adjacent to an activating group) is 1. The topological polar surface area (TPSA) is 62.3 Å². The molecule has 0 spiro atoms. The second kappa shape index (κ2) is 7.57. The number of carbonyl (C=O) groups is 2. The molecule has 0 unspecified atom stereocenters. The lowest BCUT2D eigenvalue weighted by molar-refractivity contribution is -0.119. The highest BCUT2D eigenvalue weighted by atomic mass is 35.5. The van der Waals surface area contributed by atoms with Crippen molar-refractivity contribution in [1.29, 1.82) is 0 Å². The molecule has 0 saturated carbocycles. The van der Waals surface area contributed by atoms with Crippen molar-refractivity contribution >= 4 is 45.6 Å². The number of hydrogen-bond acceptors (Lipinski definition) is 4. The first-order chi connectivity index (χ1) is 10.9. The number of aromatic nitrogens is 1. The molecule has 0 aliphatic heterocycles. The van der Waals surface area contributed by atoms with Crippen LogP contribution < -0.4 is 10.2 Å². The Morgan fingerprint density at radius 3 is 2.57 bits per heavy atom. The zero-order valence-corrected chi connectivity index (χ0v) is 14.7. The number of rotatable bonds is 5. The van der Waals surface area contributed by atoms with Crippen molar-refractivity contribution in [2.45, 2.75) is 20.3 Å². The van der Waals surface area contributed by atoms with Gasteiger partial charge in [-0.2, -0.15) is 0 Å². The maximum absolute atomic E-state index is 12.3. The van der Waals surface area contributed by atoms with E-state index in [9.17, 15) is 9.59 Å². The summed E-state index contributed by atoms with van der Waals surface area (Å²) in [4.78, 5) is 29.8. The first kappa shape index (κ1) is 17.4. The van der Waals surface area contributed by atoms with Gasteiger partial charge in [-0.25, -0.2) is 4.98 Å². The van der Waals surface area contributed by atoms with E-state index >= 15 is 0 Å². The molecule has 23 heavy (non-hydrogen) atoms. The summed E-state index contributed by atoms with van der Waals surface area (Å²) in [6, 6.07) is 7.05. The van der Waals surface area contributed by atoms with Crippen molar-refractivity contribution < 1.29 is 9.59 Å². The Morgan fingerprint density at radius 1 is 1.30 bits per heavy atom. The van der Waals surface area contributed by atoms with Crippen molar-refractivity contribution in [1.82, 2.24) is 4.98 Å². The maximum Gasteiger partial charge on any atom is 0.232 e. The molecule has 0 aliphatic carbocycles. The summed E-state index contributed by atoms with van der Waals surface area (Å²) in [5, 5.41) is 5.65. The fourth-order valence-corrected chi connectivity index (χ4v) is 2.62. The molecule has 0 radical (unpaired) electrons. The highest BCUT2D eigenvalue weighted by Gasteiger charge is 2.15. The molecule has 1 aromatic heterocycles. The number of benzene rings is 1. The quantitative estimate of drug-likeness (QED) is 0.895. The zero-order chi connectivity index (χ0) is 17.0. The fraction of sp³-hybridized carbons (Fsp3) is 0.312. The molecule has 5 nitrogen and oxygen atoms in total. The summed E-state index contributed by atoms with van der Waals surface area (Å²) >= 11 is 7.16. The van der Waals surface area contributed by atoms with Crippen LogP contribution in [0.5, 0.6) is 0 Å². The highest BCUT2D eigenvalue weighted by Crippen LogP contribution is 2.20. The zero-order valence-electron chi connectivity index (χ0n) is 13.2. The molecule has 122 valence electrons. The van der Waals surface area contributed by atoms with E-state index in [2.05, 4.69) is 10.3 Å². The number of thiazole rings is 1. The van der Waals surface area contributed by atoms with Gasteiger partial charge in [-0.05, 0) is 24.3 Å². The van der Waals surface area contributed by atoms with E-state index in [1.807, 2.05) is 13.8 Å². The first-order valence-corrected chi connectivity index (χ1v) is 8.40. The Hall–Kier alpha value is -1.92. The van der Waals surface area contributed by atoms with Gasteiger partial charge < -0.3 is 10.2 Å². The van der Waals surface area contributed by atoms with Crippen LogP contribution in [0.1, 0.15) is 19.5 Å². The standard InChI is InChI=1S/C16H18ClN3O2S/c1-10(2)15(22)19-16-18-12(9-23-16)8-14(21)20(3)13-6-4-11(17)5-7-13/h4-7,9-10H,8H2,1-3H3,(H,18,19,22). The van der Waals surface area contributed by atoms with E-state index in [0.29, 0.717) is 15.8 Å². The van der Waals surface area contributed by atoms with Crippen LogP contribution in [0.4, 0.5) is 10.8 Å². The van der Waals surface area contributed by atoms with Crippen molar-refractivity contribution in [2.75, 3.05) is 17.3 Å². The van der Waals surface area contributed by atoms with E-state index in [1.54, 1.807) is 41.6 Å². The molecule has 0 fully saturated rings. The molecule has 7 heteroatoms. The Bertz CT molecular complexity index is 698. The summed E-state index contributed by atoms with van der Waals surface area (Å²) in [6.45, 7) is 3.63. The van der Waals surface area contributed by atoms with Crippen LogP contribution in [0.25, 0.3) is 0 Å². The monoisotopic (exact) mass is 351 g/mol. The molecule has 1 N–H and O–H groups in total. The van der Waals surface area contributed by atoms with Crippen molar-refractivity contribution in [2.24, 2.45) is 5.92 Å². The third kappa shape index (κ3) is 4.77. The summed E-state index contributed by atoms with van der Waals surface area (Å²) in [5.74, 6) is -0.283. The molecule has 0 saturated heterocycles. The third-order valence-corrected chi connectivity index (χ3v) is 4.29. The SMILES string of the molecule is CC(C)C(=O)Nc1nc(CC(=O)N(C)c2ccc(Cl)cc2)cs1. The molecule has 2 rings (SSSR count). The molecule has 2 aromatic rings. The van der Waals surface area contributed by atoms with Crippen LogP contribution in [0.3, 0.4) is 0 Å². The van der Waals surface area contributed by atoms with Gasteiger partial charge in [0.25, 0.3) is 0 Å². The Balaban J connectivity index is 1.99. The molecule has 0 bridgehead atoms. The number of amides is 2. The number of carbonyl (C=O) groups excluding carboxylic acids is 2. The average molecular weight is 352 g/mol. The highest BCUT2D eigenvalue weighted by molar-refractivity contribution is 7.13. The van der Waals surface area contributed by atoms with Gasteiger partial charge in [0.2, 0.25) is 11.8 Å². The van der Waals surface area contributed by atoms with Gasteiger partial charge in [0.1, 0.15) is 0 Å². The molecular formula is C16H18ClN3O2S. The molecule has 0 atom stereocenters. The summed E-state index contributed by atoms with van der Waals surface area (Å²) in [6.07, 6.45) is 0.174. The predicted octanol–water partition coefficient (Wildman–Crippen LogP) is 3.60. The lowest BCUT2D eigenvalue weighted by Gasteiger charge is -2.16. The van der Waals surface area contributed by atoms with Crippen LogP contribution in [0.2, 0.25) is 5.02 Å². The predicted molar refractivity (Wildman–Crippen MR) is 94.1 cm³/mol. The molecule has 1 aromatic carbocycles. The Labute approximate surface area is 144 Å². The van der Waals surface area contributed by atoms with Crippen LogP contribution in [-0.4, -0.2) is 23.8 Å². The number of halogens is 1. The van der Waals surface area contributed by atoms with Crippen LogP contribution in [0, 0.1) is 5.92 Å². The largest absolute Gasteiger partial charge is 0.315 e. The van der Waals surface area contributed by atoms with Crippen molar-refractivity contribution in [3.8, 4) is 0 Å². The normalized spacial score (nSPS) is 10.7. The van der Waals surface area contributed by atoms with Crippen LogP contribution in [0.15, 0.2) is 29.6 Å². The van der Waals surface area contributed by atoms with Crippen LogP contribution >= 0.6 is 22.9 Å². The van der Waals surface area contributed by atoms with Crippen LogP contribution in [-0.2, 0) is 16.0 Å². The van der Waals surface area contributed by atoms with E-state index in [1.165, 1.54) is 11.3 Å². The van der Waals surface area contributed by atoms with Gasteiger partial charge in [-0.1, -0.05) is 25.4 Å². The maximum atomic E-state index is 12.3.